The summed E-state index contributed by atoms with van der Waals surface area (Å²) in [6.45, 7) is 2.09. The van der Waals surface area contributed by atoms with Crippen molar-refractivity contribution < 1.29 is 75.4 Å². The Labute approximate surface area is 123 Å². The van der Waals surface area contributed by atoms with Gasteiger partial charge in [-0.2, -0.15) is 0 Å². The van der Waals surface area contributed by atoms with Crippen LogP contribution in [0.5, 0.6) is 0 Å². The zero-order valence-electron chi connectivity index (χ0n) is 9.67. The molecule has 0 heterocycles. The summed E-state index contributed by atoms with van der Waals surface area (Å²) in [4.78, 5) is 29.8. The van der Waals surface area contributed by atoms with E-state index in [1.165, 1.54) is 0 Å². The summed E-state index contributed by atoms with van der Waals surface area (Å²) >= 11 is 0. The van der Waals surface area contributed by atoms with E-state index in [2.05, 4.69) is 11.3 Å². The Kier molecular flexibility index (Phi) is 26.4. The van der Waals surface area contributed by atoms with Crippen LogP contribution >= 0.6 is 0 Å². The second kappa shape index (κ2) is 14.8. The van der Waals surface area contributed by atoms with Crippen LogP contribution < -0.4 is 71.0 Å². The van der Waals surface area contributed by atoms with Crippen molar-refractivity contribution >= 4 is 9.05 Å². The molecule has 0 aromatic heterocycles. The first-order chi connectivity index (χ1) is 5.06. The molecule has 14 heavy (non-hydrogen) atoms. The summed E-state index contributed by atoms with van der Waals surface area (Å²) in [5.74, 6) is 0. The van der Waals surface area contributed by atoms with Crippen molar-refractivity contribution in [3.8, 4) is 0 Å². The molecule has 0 aromatic carbocycles. The third-order valence-corrected chi connectivity index (χ3v) is 1.83. The second-order valence-electron chi connectivity index (χ2n) is 2.41. The molecule has 0 rings (SSSR count). The first kappa shape index (κ1) is 24.9. The molecule has 0 unspecified atom stereocenters. The van der Waals surface area contributed by atoms with E-state index in [0.717, 1.165) is 19.3 Å². The van der Waals surface area contributed by atoms with Gasteiger partial charge in [0.15, 0.2) is 0 Å². The van der Waals surface area contributed by atoms with Crippen molar-refractivity contribution in [3.63, 3.8) is 0 Å². The van der Waals surface area contributed by atoms with Gasteiger partial charge in [0, 0.05) is 6.61 Å². The van der Waals surface area contributed by atoms with Crippen LogP contribution in [0.15, 0.2) is 0 Å². The molecule has 0 aliphatic rings. The van der Waals surface area contributed by atoms with Gasteiger partial charge in [-0.3, -0.25) is 0 Å². The molecule has 0 aromatic rings. The molecular weight excluding hydrogens is 185 g/mol. The quantitative estimate of drug-likeness (QED) is 0.313. The van der Waals surface area contributed by atoms with E-state index < -0.39 is 9.05 Å². The van der Waals surface area contributed by atoms with Crippen molar-refractivity contribution in [2.45, 2.75) is 32.6 Å². The minimum absolute atomic E-state index is 0. The summed E-state index contributed by atoms with van der Waals surface area (Å²) in [6, 6.07) is 0. The van der Waals surface area contributed by atoms with Gasteiger partial charge in [-0.25, -0.2) is 0 Å². The van der Waals surface area contributed by atoms with Crippen molar-refractivity contribution in [2.75, 3.05) is 6.61 Å². The largest absolute Gasteiger partial charge is 1.00 e. The van der Waals surface area contributed by atoms with Crippen molar-refractivity contribution in [1.29, 1.82) is 0 Å². The maximum atomic E-state index is 9.94. The maximum Gasteiger partial charge on any atom is 1.00 e. The molecule has 8 heteroatoms. The molecule has 0 aliphatic heterocycles. The van der Waals surface area contributed by atoms with Crippen molar-refractivity contribution in [2.24, 2.45) is 0 Å². The third-order valence-electron chi connectivity index (χ3n) is 1.28. The molecule has 0 saturated carbocycles. The second-order valence-corrected chi connectivity index (χ2v) is 3.70. The van der Waals surface area contributed by atoms with E-state index in [-0.39, 0.29) is 63.2 Å². The standard InChI is InChI=1S/C6H13O4Si.3Li/c1-2-3-4-5-6-10-11(7,8)9;;;/h2-6H2,1H3;;;/q-3;3*+1. The molecular formula is C6H13Li3O4Si. The molecule has 68 valence electrons. The van der Waals surface area contributed by atoms with Crippen LogP contribution in [0.25, 0.3) is 0 Å². The number of unbranched alkanes of at least 4 members (excludes halogenated alkanes) is 3. The van der Waals surface area contributed by atoms with Gasteiger partial charge in [0.2, 0.25) is 0 Å². The first-order valence-corrected chi connectivity index (χ1v) is 5.45. The Bertz CT molecular complexity index is 102. The summed E-state index contributed by atoms with van der Waals surface area (Å²) < 4.78 is 4.05. The molecule has 0 spiro atoms. The van der Waals surface area contributed by atoms with Crippen LogP contribution in [0.3, 0.4) is 0 Å². The van der Waals surface area contributed by atoms with Gasteiger partial charge >= 0.3 is 56.6 Å². The van der Waals surface area contributed by atoms with Gasteiger partial charge in [-0.1, -0.05) is 26.2 Å². The molecule has 0 aliphatic carbocycles. The Hall–Kier alpha value is 1.85. The average molecular weight is 198 g/mol. The average Bonchev–Trinajstić information content (AvgIpc) is 1.85. The number of hydrogen-bond acceptors (Lipinski definition) is 4. The topological polar surface area (TPSA) is 78.4 Å². The van der Waals surface area contributed by atoms with Gasteiger partial charge < -0.3 is 18.8 Å². The molecule has 0 radical (unpaired) electrons. The summed E-state index contributed by atoms with van der Waals surface area (Å²) in [5, 5.41) is 0. The van der Waals surface area contributed by atoms with E-state index in [1.54, 1.807) is 0 Å². The fourth-order valence-electron chi connectivity index (χ4n) is 0.726. The van der Waals surface area contributed by atoms with Gasteiger partial charge in [-0.15, -0.1) is 9.05 Å². The first-order valence-electron chi connectivity index (χ1n) is 3.81. The Morgan fingerprint density at radius 2 is 1.43 bits per heavy atom. The predicted octanol–water partition coefficient (Wildman–Crippen LogP) is -10.9. The molecule has 0 amide bonds. The molecule has 4 nitrogen and oxygen atoms in total. The Balaban J connectivity index is -0.000000167. The molecule has 0 N–H and O–H groups in total. The normalized spacial score (nSPS) is 9.43. The monoisotopic (exact) mass is 198 g/mol. The maximum absolute atomic E-state index is 9.94. The summed E-state index contributed by atoms with van der Waals surface area (Å²) in [5.41, 5.74) is 0. The van der Waals surface area contributed by atoms with Crippen LogP contribution in [-0.2, 0) is 4.43 Å². The van der Waals surface area contributed by atoms with E-state index >= 15 is 0 Å². The smallest absolute Gasteiger partial charge is 0.861 e. The predicted molar refractivity (Wildman–Crippen MR) is 35.8 cm³/mol. The zero-order valence-corrected chi connectivity index (χ0v) is 10.7. The van der Waals surface area contributed by atoms with Crippen LogP contribution in [0.1, 0.15) is 32.6 Å². The number of rotatable bonds is 6. The van der Waals surface area contributed by atoms with Gasteiger partial charge in [0.1, 0.15) is 0 Å². The van der Waals surface area contributed by atoms with Gasteiger partial charge in [0.25, 0.3) is 0 Å². The SMILES string of the molecule is CCCCCCO[Si]([O-])([O-])[O-].[Li+].[Li+].[Li+]. The Morgan fingerprint density at radius 3 is 1.79 bits per heavy atom. The van der Waals surface area contributed by atoms with E-state index in [1.807, 2.05) is 0 Å². The summed E-state index contributed by atoms with van der Waals surface area (Å²) in [7, 11) is -4.97. The van der Waals surface area contributed by atoms with Crippen LogP contribution in [0, 0.1) is 0 Å². The van der Waals surface area contributed by atoms with Gasteiger partial charge in [-0.05, 0) is 6.42 Å². The van der Waals surface area contributed by atoms with E-state index in [9.17, 15) is 14.4 Å². The fraction of sp³-hybridized carbons (Fsp3) is 1.00. The Morgan fingerprint density at radius 1 is 0.929 bits per heavy atom. The van der Waals surface area contributed by atoms with Crippen LogP contribution in [0.4, 0.5) is 0 Å². The van der Waals surface area contributed by atoms with Gasteiger partial charge in [0.05, 0.1) is 0 Å². The van der Waals surface area contributed by atoms with Crippen LogP contribution in [0.2, 0.25) is 0 Å². The fourth-order valence-corrected chi connectivity index (χ4v) is 1.12. The number of hydrogen-bond donors (Lipinski definition) is 0. The minimum atomic E-state index is -4.97. The minimum Gasteiger partial charge on any atom is -0.861 e. The van der Waals surface area contributed by atoms with Crippen LogP contribution in [-0.4, -0.2) is 15.7 Å². The third kappa shape index (κ3) is 23.6. The van der Waals surface area contributed by atoms with E-state index in [4.69, 9.17) is 0 Å². The molecule has 0 bridgehead atoms. The molecule has 0 atom stereocenters. The summed E-state index contributed by atoms with van der Waals surface area (Å²) in [6.07, 6.45) is 3.69. The van der Waals surface area contributed by atoms with E-state index in [0.29, 0.717) is 6.42 Å². The van der Waals surface area contributed by atoms with Crippen molar-refractivity contribution in [3.05, 3.63) is 0 Å². The molecule has 0 saturated heterocycles. The zero-order chi connectivity index (χ0) is 8.74. The molecule has 0 fully saturated rings. The van der Waals surface area contributed by atoms with Crippen molar-refractivity contribution in [1.82, 2.24) is 0 Å².